The highest BCUT2D eigenvalue weighted by Crippen LogP contribution is 2.10. The van der Waals surface area contributed by atoms with Crippen molar-refractivity contribution in [1.82, 2.24) is 15.5 Å². The Bertz CT molecular complexity index is 434. The Labute approximate surface area is 119 Å². The molecule has 1 heterocycles. The van der Waals surface area contributed by atoms with Gasteiger partial charge in [-0.05, 0) is 31.2 Å². The molecule has 1 aliphatic heterocycles. The van der Waals surface area contributed by atoms with Gasteiger partial charge in [-0.15, -0.1) is 0 Å². The third kappa shape index (κ3) is 4.49. The van der Waals surface area contributed by atoms with Gasteiger partial charge in [0, 0.05) is 30.7 Å². The van der Waals surface area contributed by atoms with Crippen molar-refractivity contribution in [2.24, 2.45) is 0 Å². The molecule has 0 unspecified atom stereocenters. The van der Waals surface area contributed by atoms with E-state index in [4.69, 9.17) is 11.6 Å². The van der Waals surface area contributed by atoms with E-state index < -0.39 is 0 Å². The lowest BCUT2D eigenvalue weighted by Gasteiger charge is -2.35. The molecule has 4 nitrogen and oxygen atoms in total. The number of nitrogens with zero attached hydrogens (tertiary/aromatic N) is 1. The van der Waals surface area contributed by atoms with Gasteiger partial charge in [0.15, 0.2) is 0 Å². The van der Waals surface area contributed by atoms with Crippen LogP contribution in [-0.2, 0) is 11.2 Å². The summed E-state index contributed by atoms with van der Waals surface area (Å²) in [4.78, 5) is 13.8. The Morgan fingerprint density at radius 3 is 2.95 bits per heavy atom. The molecule has 1 aromatic carbocycles. The third-order valence-corrected chi connectivity index (χ3v) is 3.64. The van der Waals surface area contributed by atoms with E-state index in [-0.39, 0.29) is 5.91 Å². The summed E-state index contributed by atoms with van der Waals surface area (Å²) in [6, 6.07) is 8.23. The predicted octanol–water partition coefficient (Wildman–Crippen LogP) is 0.902. The van der Waals surface area contributed by atoms with Crippen molar-refractivity contribution in [3.63, 3.8) is 0 Å². The minimum atomic E-state index is 0.0800. The largest absolute Gasteiger partial charge is 0.355 e. The Hall–Kier alpha value is -1.10. The number of carbonyl (C=O) groups is 1. The lowest BCUT2D eigenvalue weighted by Crippen LogP contribution is -2.57. The minimum absolute atomic E-state index is 0.0800. The molecule has 0 bridgehead atoms. The highest BCUT2D eigenvalue weighted by Gasteiger charge is 2.22. The van der Waals surface area contributed by atoms with Gasteiger partial charge in [-0.2, -0.15) is 0 Å². The molecule has 1 aromatic rings. The standard InChI is InChI=1S/C14H20ClN3O/c1-18(13-8-16-9-13)10-14(19)17-6-5-11-3-2-4-12(15)7-11/h2-4,7,13,16H,5-6,8-10H2,1H3,(H,17,19). The summed E-state index contributed by atoms with van der Waals surface area (Å²) in [7, 11) is 1.99. The highest BCUT2D eigenvalue weighted by atomic mass is 35.5. The van der Waals surface area contributed by atoms with E-state index in [1.165, 1.54) is 0 Å². The van der Waals surface area contributed by atoms with E-state index in [0.717, 1.165) is 30.1 Å². The average molecular weight is 282 g/mol. The average Bonchev–Trinajstić information content (AvgIpc) is 2.26. The summed E-state index contributed by atoms with van der Waals surface area (Å²) < 4.78 is 0. The second-order valence-corrected chi connectivity index (χ2v) is 5.39. The SMILES string of the molecule is CN(CC(=O)NCCc1cccc(Cl)c1)C1CNC1. The van der Waals surface area contributed by atoms with Gasteiger partial charge in [-0.1, -0.05) is 23.7 Å². The van der Waals surface area contributed by atoms with Crippen LogP contribution < -0.4 is 10.6 Å². The molecule has 0 aliphatic carbocycles. The van der Waals surface area contributed by atoms with Crippen LogP contribution in [0, 0.1) is 0 Å². The Morgan fingerprint density at radius 2 is 2.32 bits per heavy atom. The first-order chi connectivity index (χ1) is 9.15. The first-order valence-corrected chi connectivity index (χ1v) is 6.95. The molecular weight excluding hydrogens is 262 g/mol. The van der Waals surface area contributed by atoms with Crippen molar-refractivity contribution in [2.75, 3.05) is 33.2 Å². The molecule has 0 spiro atoms. The Kier molecular flexibility index (Phi) is 5.19. The van der Waals surface area contributed by atoms with Gasteiger partial charge in [0.1, 0.15) is 0 Å². The Balaban J connectivity index is 1.66. The molecule has 1 fully saturated rings. The fraction of sp³-hybridized carbons (Fsp3) is 0.500. The van der Waals surface area contributed by atoms with Crippen molar-refractivity contribution in [2.45, 2.75) is 12.5 Å². The summed E-state index contributed by atoms with van der Waals surface area (Å²) in [6.45, 7) is 3.07. The van der Waals surface area contributed by atoms with Gasteiger partial charge in [-0.25, -0.2) is 0 Å². The molecule has 0 radical (unpaired) electrons. The van der Waals surface area contributed by atoms with Gasteiger partial charge in [-0.3, -0.25) is 9.69 Å². The van der Waals surface area contributed by atoms with Crippen LogP contribution in [-0.4, -0.2) is 50.1 Å². The van der Waals surface area contributed by atoms with Crippen LogP contribution in [0.3, 0.4) is 0 Å². The smallest absolute Gasteiger partial charge is 0.234 e. The first kappa shape index (κ1) is 14.3. The zero-order chi connectivity index (χ0) is 13.7. The number of likely N-dealkylation sites (N-methyl/N-ethyl adjacent to an activating group) is 1. The van der Waals surface area contributed by atoms with Crippen LogP contribution in [0.4, 0.5) is 0 Å². The van der Waals surface area contributed by atoms with Gasteiger partial charge < -0.3 is 10.6 Å². The maximum absolute atomic E-state index is 11.8. The topological polar surface area (TPSA) is 44.4 Å². The molecule has 104 valence electrons. The maximum atomic E-state index is 11.8. The number of halogens is 1. The van der Waals surface area contributed by atoms with E-state index in [1.54, 1.807) is 0 Å². The molecule has 1 amide bonds. The summed E-state index contributed by atoms with van der Waals surface area (Å²) in [5.41, 5.74) is 1.14. The quantitative estimate of drug-likeness (QED) is 0.814. The van der Waals surface area contributed by atoms with Crippen molar-refractivity contribution in [3.8, 4) is 0 Å². The summed E-state index contributed by atoms with van der Waals surface area (Å²) in [6.07, 6.45) is 0.807. The van der Waals surface area contributed by atoms with Crippen molar-refractivity contribution in [3.05, 3.63) is 34.9 Å². The van der Waals surface area contributed by atoms with Gasteiger partial charge in [0.05, 0.1) is 6.54 Å². The first-order valence-electron chi connectivity index (χ1n) is 6.57. The van der Waals surface area contributed by atoms with Gasteiger partial charge in [0.25, 0.3) is 0 Å². The monoisotopic (exact) mass is 281 g/mol. The third-order valence-electron chi connectivity index (χ3n) is 3.40. The molecule has 0 saturated carbocycles. The summed E-state index contributed by atoms with van der Waals surface area (Å²) >= 11 is 5.91. The number of rotatable bonds is 6. The van der Waals surface area contributed by atoms with Gasteiger partial charge in [0.2, 0.25) is 5.91 Å². The molecule has 5 heteroatoms. The number of hydrogen-bond donors (Lipinski definition) is 2. The van der Waals surface area contributed by atoms with Crippen molar-refractivity contribution < 1.29 is 4.79 Å². The number of carbonyl (C=O) groups excluding carboxylic acids is 1. The van der Waals surface area contributed by atoms with Crippen LogP contribution in [0.5, 0.6) is 0 Å². The van der Waals surface area contributed by atoms with E-state index in [0.29, 0.717) is 19.1 Å². The van der Waals surface area contributed by atoms with E-state index >= 15 is 0 Å². The van der Waals surface area contributed by atoms with Crippen molar-refractivity contribution >= 4 is 17.5 Å². The number of benzene rings is 1. The Morgan fingerprint density at radius 1 is 1.53 bits per heavy atom. The maximum Gasteiger partial charge on any atom is 0.234 e. The normalized spacial score (nSPS) is 15.3. The number of hydrogen-bond acceptors (Lipinski definition) is 3. The van der Waals surface area contributed by atoms with Crippen LogP contribution in [0.2, 0.25) is 5.02 Å². The van der Waals surface area contributed by atoms with Gasteiger partial charge >= 0.3 is 0 Å². The van der Waals surface area contributed by atoms with E-state index in [1.807, 2.05) is 31.3 Å². The lowest BCUT2D eigenvalue weighted by atomic mass is 10.1. The zero-order valence-electron chi connectivity index (χ0n) is 11.2. The summed E-state index contributed by atoms with van der Waals surface area (Å²) in [5.74, 6) is 0.0800. The van der Waals surface area contributed by atoms with Crippen LogP contribution in [0.15, 0.2) is 24.3 Å². The predicted molar refractivity (Wildman–Crippen MR) is 77.5 cm³/mol. The molecule has 19 heavy (non-hydrogen) atoms. The molecule has 0 aromatic heterocycles. The van der Waals surface area contributed by atoms with E-state index in [9.17, 15) is 4.79 Å². The highest BCUT2D eigenvalue weighted by molar-refractivity contribution is 6.30. The molecule has 2 N–H and O–H groups in total. The molecule has 1 saturated heterocycles. The van der Waals surface area contributed by atoms with Crippen LogP contribution in [0.1, 0.15) is 5.56 Å². The molecule has 1 aliphatic rings. The lowest BCUT2D eigenvalue weighted by molar-refractivity contribution is -0.122. The molecule has 2 rings (SSSR count). The molecule has 0 atom stereocenters. The molecular formula is C14H20ClN3O. The van der Waals surface area contributed by atoms with Crippen LogP contribution in [0.25, 0.3) is 0 Å². The van der Waals surface area contributed by atoms with Crippen LogP contribution >= 0.6 is 11.6 Å². The summed E-state index contributed by atoms with van der Waals surface area (Å²) in [5, 5.41) is 6.88. The number of nitrogens with one attached hydrogen (secondary N) is 2. The van der Waals surface area contributed by atoms with E-state index in [2.05, 4.69) is 15.5 Å². The number of amides is 1. The minimum Gasteiger partial charge on any atom is -0.355 e. The second kappa shape index (κ2) is 6.89. The zero-order valence-corrected chi connectivity index (χ0v) is 11.9. The fourth-order valence-corrected chi connectivity index (χ4v) is 2.25. The second-order valence-electron chi connectivity index (χ2n) is 4.96. The fourth-order valence-electron chi connectivity index (χ4n) is 2.04. The van der Waals surface area contributed by atoms with Crippen molar-refractivity contribution in [1.29, 1.82) is 0 Å².